The van der Waals surface area contributed by atoms with Crippen LogP contribution in [0.4, 0.5) is 4.79 Å². The molecule has 2 aliphatic heterocycles. The fourth-order valence-electron chi connectivity index (χ4n) is 10.5. The van der Waals surface area contributed by atoms with E-state index < -0.39 is 107 Å². The van der Waals surface area contributed by atoms with Crippen molar-refractivity contribution in [2.24, 2.45) is 16.7 Å². The summed E-state index contributed by atoms with van der Waals surface area (Å²) in [5.41, 5.74) is -3.95. The van der Waals surface area contributed by atoms with Crippen molar-refractivity contribution < 1.29 is 62.5 Å². The molecule has 2 aromatic rings. The van der Waals surface area contributed by atoms with Crippen molar-refractivity contribution >= 4 is 24.0 Å². The van der Waals surface area contributed by atoms with Gasteiger partial charge in [-0.05, 0) is 68.5 Å². The Bertz CT molecular complexity index is 1980. The fourth-order valence-corrected chi connectivity index (χ4v) is 10.5. The molecule has 59 heavy (non-hydrogen) atoms. The van der Waals surface area contributed by atoms with E-state index in [0.29, 0.717) is 29.6 Å². The van der Waals surface area contributed by atoms with Crippen molar-refractivity contribution in [2.75, 3.05) is 6.61 Å². The van der Waals surface area contributed by atoms with E-state index in [1.807, 2.05) is 20.8 Å². The molecule has 3 N–H and O–H groups in total. The van der Waals surface area contributed by atoms with Gasteiger partial charge in [0.05, 0.1) is 36.3 Å². The summed E-state index contributed by atoms with van der Waals surface area (Å²) < 4.78 is 43.8. The molecule has 2 aromatic carbocycles. The Hall–Kier alpha value is -4.60. The second-order valence-corrected chi connectivity index (χ2v) is 17.5. The number of benzene rings is 2. The molecule has 2 bridgehead atoms. The lowest BCUT2D eigenvalue weighted by atomic mass is 9.45. The number of aliphatic hydroxyl groups is 2. The monoisotopic (exact) mass is 817 g/mol. The molecular formula is C45H55NO13. The summed E-state index contributed by atoms with van der Waals surface area (Å²) in [6.07, 6.45) is -6.84. The van der Waals surface area contributed by atoms with Gasteiger partial charge in [0, 0.05) is 24.2 Å². The molecule has 5 aliphatic rings. The second kappa shape index (κ2) is 15.8. The first-order chi connectivity index (χ1) is 27.9. The smallest absolute Gasteiger partial charge is 0.407 e. The summed E-state index contributed by atoms with van der Waals surface area (Å²) in [6.45, 7) is 15.9. The minimum absolute atomic E-state index is 0.0318. The Balaban J connectivity index is 1.38. The highest BCUT2D eigenvalue weighted by atomic mass is 16.7. The van der Waals surface area contributed by atoms with E-state index in [2.05, 4.69) is 11.9 Å². The maximum absolute atomic E-state index is 14.3. The maximum Gasteiger partial charge on any atom is 0.407 e. The third-order valence-electron chi connectivity index (χ3n) is 13.3. The van der Waals surface area contributed by atoms with Crippen LogP contribution in [0.3, 0.4) is 0 Å². The number of rotatable bonds is 10. The number of hydrogen-bond acceptors (Lipinski definition) is 13. The molecular weight excluding hydrogens is 762 g/mol. The van der Waals surface area contributed by atoms with Crippen molar-refractivity contribution in [3.63, 3.8) is 0 Å². The van der Waals surface area contributed by atoms with E-state index in [-0.39, 0.29) is 18.6 Å². The third kappa shape index (κ3) is 7.16. The van der Waals surface area contributed by atoms with Gasteiger partial charge in [0.25, 0.3) is 0 Å². The number of carbonyl (C=O) groups excluding carboxylic acids is 4. The summed E-state index contributed by atoms with van der Waals surface area (Å²) in [5.74, 6) is -3.34. The Morgan fingerprint density at radius 3 is 2.24 bits per heavy atom. The topological polar surface area (TPSA) is 185 Å². The van der Waals surface area contributed by atoms with Crippen molar-refractivity contribution in [3.05, 3.63) is 95.6 Å². The lowest BCUT2D eigenvalue weighted by Gasteiger charge is -2.68. The van der Waals surface area contributed by atoms with E-state index in [4.69, 9.17) is 33.2 Å². The normalized spacial score (nSPS) is 35.2. The van der Waals surface area contributed by atoms with Gasteiger partial charge in [-0.25, -0.2) is 14.4 Å². The Morgan fingerprint density at radius 2 is 1.64 bits per heavy atom. The zero-order chi connectivity index (χ0) is 42.7. The summed E-state index contributed by atoms with van der Waals surface area (Å²) in [4.78, 5) is 54.5. The first-order valence-electron chi connectivity index (χ1n) is 20.2. The number of fused-ring (bicyclic) bond motifs is 8. The molecule has 0 unspecified atom stereocenters. The van der Waals surface area contributed by atoms with Crippen LogP contribution in [0.5, 0.6) is 0 Å². The highest BCUT2D eigenvalue weighted by Crippen LogP contribution is 2.66. The van der Waals surface area contributed by atoms with E-state index >= 15 is 0 Å². The van der Waals surface area contributed by atoms with Gasteiger partial charge in [-0.3, -0.25) is 4.79 Å². The maximum atomic E-state index is 14.3. The average molecular weight is 818 g/mol. The molecule has 1 amide bonds. The summed E-state index contributed by atoms with van der Waals surface area (Å²) in [5, 5.41) is 28.0. The first-order valence-corrected chi connectivity index (χ1v) is 20.2. The van der Waals surface area contributed by atoms with Gasteiger partial charge in [0.15, 0.2) is 18.0 Å². The number of aliphatic hydroxyl groups excluding tert-OH is 1. The van der Waals surface area contributed by atoms with Gasteiger partial charge in [-0.1, -0.05) is 75.9 Å². The van der Waals surface area contributed by atoms with E-state index in [9.17, 15) is 29.4 Å². The first kappa shape index (κ1) is 42.5. The van der Waals surface area contributed by atoms with E-state index in [1.54, 1.807) is 81.4 Å². The summed E-state index contributed by atoms with van der Waals surface area (Å²) in [7, 11) is 0. The SMILES string of the molecule is C=C[C@@H]1O[C@@H]2C3=C(C)[C@@H](OC(=O)[C@H](O)[C@@H](NC(=O)OC(C)C)c4ccccc4)C[C@@](O)([C@@H](OC(=O)c4ccccc4)[C@H]4[C@@](C)(CC[C@H]5OC[C@]54OC(C)=O)[C@@H]2O1)C3(C)C. The second-order valence-electron chi connectivity index (χ2n) is 17.5. The van der Waals surface area contributed by atoms with Crippen LogP contribution >= 0.6 is 0 Å². The number of esters is 3. The molecule has 4 fully saturated rings. The molecule has 14 heteroatoms. The van der Waals surface area contributed by atoms with Crippen LogP contribution in [-0.2, 0) is 42.7 Å². The van der Waals surface area contributed by atoms with Gasteiger partial charge in [0.1, 0.15) is 30.0 Å². The van der Waals surface area contributed by atoms with Gasteiger partial charge in [-0.15, -0.1) is 0 Å². The Morgan fingerprint density at radius 1 is 0.983 bits per heavy atom. The predicted octanol–water partition coefficient (Wildman–Crippen LogP) is 5.26. The van der Waals surface area contributed by atoms with Crippen LogP contribution in [-0.4, -0.2) is 101 Å². The number of nitrogens with one attached hydrogen (secondary N) is 1. The summed E-state index contributed by atoms with van der Waals surface area (Å²) in [6, 6.07) is 15.5. The molecule has 14 nitrogen and oxygen atoms in total. The zero-order valence-electron chi connectivity index (χ0n) is 34.5. The van der Waals surface area contributed by atoms with Crippen LogP contribution in [0, 0.1) is 16.7 Å². The molecule has 2 heterocycles. The number of ether oxygens (including phenoxy) is 7. The van der Waals surface area contributed by atoms with Crippen LogP contribution in [0.1, 0.15) is 89.7 Å². The number of carbonyl (C=O) groups is 4. The quantitative estimate of drug-likeness (QED) is 0.160. The molecule has 2 saturated heterocycles. The minimum atomic E-state index is -2.06. The highest BCUT2D eigenvalue weighted by molar-refractivity contribution is 5.89. The van der Waals surface area contributed by atoms with Gasteiger partial charge in [-0.2, -0.15) is 0 Å². The standard InChI is InChI=1S/C45H55NO13/c1-9-31-56-35-32-25(4)29(55-40(50)34(48)33(27-16-12-10-13-17-27)46-41(51)54-24(2)3)22-45(52,42(32,6)7)38(58-39(49)28-18-14-11-15-19-28)36-43(8,37(35)57-31)21-20-30-44(36,23-53-30)59-26(5)47/h9-19,24,29-31,33-38,48,52H,1,20-23H2,2-8H3,(H,46,51)/t29-,30+,31+,33-,34+,35+,36-,37+,38-,43+,44-,45+/m0/s1. The highest BCUT2D eigenvalue weighted by Gasteiger charge is 2.77. The van der Waals surface area contributed by atoms with Gasteiger partial charge >= 0.3 is 24.0 Å². The van der Waals surface area contributed by atoms with Crippen LogP contribution < -0.4 is 5.32 Å². The van der Waals surface area contributed by atoms with Crippen LogP contribution in [0.15, 0.2) is 84.5 Å². The average Bonchev–Trinajstić information content (AvgIpc) is 3.61. The van der Waals surface area contributed by atoms with Crippen LogP contribution in [0.2, 0.25) is 0 Å². The van der Waals surface area contributed by atoms with E-state index in [1.165, 1.54) is 13.0 Å². The van der Waals surface area contributed by atoms with Gasteiger partial charge in [0.2, 0.25) is 0 Å². The molecule has 0 spiro atoms. The Kier molecular flexibility index (Phi) is 11.4. The molecule has 0 radical (unpaired) electrons. The molecule has 7 rings (SSSR count). The number of alkyl carbamates (subject to hydrolysis) is 1. The lowest BCUT2D eigenvalue weighted by Crippen LogP contribution is -2.79. The Labute approximate surface area is 344 Å². The number of amides is 1. The summed E-state index contributed by atoms with van der Waals surface area (Å²) >= 11 is 0. The molecule has 3 aliphatic carbocycles. The van der Waals surface area contributed by atoms with Crippen molar-refractivity contribution in [1.29, 1.82) is 0 Å². The third-order valence-corrected chi connectivity index (χ3v) is 13.3. The van der Waals surface area contributed by atoms with Crippen molar-refractivity contribution in [2.45, 2.75) is 134 Å². The van der Waals surface area contributed by atoms with E-state index in [0.717, 1.165) is 0 Å². The molecule has 0 aromatic heterocycles. The van der Waals surface area contributed by atoms with Crippen molar-refractivity contribution in [1.82, 2.24) is 5.32 Å². The minimum Gasteiger partial charge on any atom is -0.456 e. The van der Waals surface area contributed by atoms with Crippen molar-refractivity contribution in [3.8, 4) is 0 Å². The molecule has 2 saturated carbocycles. The molecule has 318 valence electrons. The zero-order valence-corrected chi connectivity index (χ0v) is 34.5. The fraction of sp³-hybridized carbons (Fsp3) is 0.556. The van der Waals surface area contributed by atoms with Crippen LogP contribution in [0.25, 0.3) is 0 Å². The molecule has 12 atom stereocenters. The van der Waals surface area contributed by atoms with Gasteiger partial charge < -0.3 is 48.7 Å². The number of hydrogen-bond donors (Lipinski definition) is 3. The lowest BCUT2D eigenvalue weighted by molar-refractivity contribution is -0.345. The predicted molar refractivity (Wildman–Crippen MR) is 210 cm³/mol. The largest absolute Gasteiger partial charge is 0.456 e.